The van der Waals surface area contributed by atoms with Gasteiger partial charge in [0.1, 0.15) is 0 Å². The van der Waals surface area contributed by atoms with Crippen molar-refractivity contribution in [3.8, 4) is 0 Å². The van der Waals surface area contributed by atoms with Gasteiger partial charge in [-0.1, -0.05) is 13.3 Å². The molecule has 1 atom stereocenters. The van der Waals surface area contributed by atoms with Crippen molar-refractivity contribution in [2.75, 3.05) is 5.32 Å². The number of anilines is 1. The number of nitrogens with two attached hydrogens (primary N) is 1. The van der Waals surface area contributed by atoms with E-state index < -0.39 is 32.4 Å². The number of carbonyl (C=O) groups is 1. The number of carbonyl (C=O) groups excluding carboxylic acids is 1. The van der Waals surface area contributed by atoms with Gasteiger partial charge in [0.15, 0.2) is 0 Å². The predicted molar refractivity (Wildman–Crippen MR) is 71.1 cm³/mol. The van der Waals surface area contributed by atoms with Gasteiger partial charge in [-0.2, -0.15) is 8.78 Å². The Morgan fingerprint density at radius 1 is 1.30 bits per heavy atom. The Morgan fingerprint density at radius 3 is 2.30 bits per heavy atom. The van der Waals surface area contributed by atoms with Gasteiger partial charge in [0, 0.05) is 5.69 Å². The maximum atomic E-state index is 12.3. The monoisotopic (exact) mass is 306 g/mol. The van der Waals surface area contributed by atoms with Crippen molar-refractivity contribution in [1.29, 1.82) is 0 Å². The van der Waals surface area contributed by atoms with Crippen molar-refractivity contribution < 1.29 is 22.0 Å². The number of halogens is 2. The topological polar surface area (TPSA) is 89.3 Å². The van der Waals surface area contributed by atoms with E-state index in [0.29, 0.717) is 12.1 Å². The van der Waals surface area contributed by atoms with E-state index in [1.807, 2.05) is 6.92 Å². The summed E-state index contributed by atoms with van der Waals surface area (Å²) in [7, 11) is -4.62. The zero-order valence-corrected chi connectivity index (χ0v) is 11.7. The molecule has 0 fully saturated rings. The molecule has 0 aliphatic heterocycles. The van der Waals surface area contributed by atoms with Crippen LogP contribution in [0.2, 0.25) is 0 Å². The minimum absolute atomic E-state index is 0.301. The first-order valence-electron chi connectivity index (χ1n) is 5.97. The molecule has 1 rings (SSSR count). The number of sulfone groups is 1. The Bertz CT molecular complexity index is 559. The van der Waals surface area contributed by atoms with Gasteiger partial charge in [-0.05, 0) is 30.7 Å². The first-order valence-corrected chi connectivity index (χ1v) is 7.52. The molecule has 20 heavy (non-hydrogen) atoms. The molecule has 0 saturated carbocycles. The molecule has 0 aliphatic rings. The van der Waals surface area contributed by atoms with Crippen molar-refractivity contribution in [2.45, 2.75) is 36.5 Å². The van der Waals surface area contributed by atoms with Crippen LogP contribution in [0.15, 0.2) is 29.2 Å². The van der Waals surface area contributed by atoms with Crippen molar-refractivity contribution in [3.05, 3.63) is 24.3 Å². The summed E-state index contributed by atoms with van der Waals surface area (Å²) < 4.78 is 47.1. The van der Waals surface area contributed by atoms with Gasteiger partial charge in [-0.3, -0.25) is 4.79 Å². The zero-order chi connectivity index (χ0) is 15.3. The molecular formula is C12H16F2N2O3S. The van der Waals surface area contributed by atoms with E-state index in [2.05, 4.69) is 5.32 Å². The molecule has 0 spiro atoms. The third-order valence-electron chi connectivity index (χ3n) is 2.62. The lowest BCUT2D eigenvalue weighted by Crippen LogP contribution is -2.35. The second-order valence-electron chi connectivity index (χ2n) is 4.21. The smallest absolute Gasteiger partial charge is 0.325 e. The number of amides is 1. The Balaban J connectivity index is 2.80. The Labute approximate surface area is 116 Å². The average molecular weight is 306 g/mol. The lowest BCUT2D eigenvalue weighted by molar-refractivity contribution is -0.117. The van der Waals surface area contributed by atoms with Crippen molar-refractivity contribution >= 4 is 21.4 Å². The van der Waals surface area contributed by atoms with Crippen LogP contribution >= 0.6 is 0 Å². The molecule has 0 aromatic heterocycles. The Kier molecular flexibility index (Phi) is 5.58. The van der Waals surface area contributed by atoms with E-state index in [9.17, 15) is 22.0 Å². The van der Waals surface area contributed by atoms with Crippen LogP contribution in [-0.4, -0.2) is 26.1 Å². The van der Waals surface area contributed by atoms with Crippen LogP contribution in [0.3, 0.4) is 0 Å². The molecule has 1 amide bonds. The predicted octanol–water partition coefficient (Wildman–Crippen LogP) is 1.75. The highest BCUT2D eigenvalue weighted by atomic mass is 32.2. The third kappa shape index (κ3) is 3.97. The van der Waals surface area contributed by atoms with Crippen LogP contribution < -0.4 is 11.1 Å². The second-order valence-corrected chi connectivity index (χ2v) is 6.13. The standard InChI is InChI=1S/C12H16F2N2O3S/c1-2-3-10(15)11(17)16-8-4-6-9(7-5-8)20(18,19)12(13)14/h4-7,10,12H,2-3,15H2,1H3,(H,16,17)/t10-/m0/s1. The van der Waals surface area contributed by atoms with E-state index in [-0.39, 0.29) is 0 Å². The number of alkyl halides is 2. The van der Waals surface area contributed by atoms with E-state index in [0.717, 1.165) is 18.6 Å². The second kappa shape index (κ2) is 6.76. The molecule has 0 radical (unpaired) electrons. The largest absolute Gasteiger partial charge is 0.341 e. The fraction of sp³-hybridized carbons (Fsp3) is 0.417. The summed E-state index contributed by atoms with van der Waals surface area (Å²) in [5.74, 6) is -3.88. The van der Waals surface area contributed by atoms with Crippen molar-refractivity contribution in [2.24, 2.45) is 5.73 Å². The molecule has 8 heteroatoms. The Hall–Kier alpha value is -1.54. The van der Waals surface area contributed by atoms with Gasteiger partial charge in [-0.25, -0.2) is 8.42 Å². The molecule has 0 aliphatic carbocycles. The highest BCUT2D eigenvalue weighted by Gasteiger charge is 2.26. The first-order chi connectivity index (χ1) is 9.28. The third-order valence-corrected chi connectivity index (χ3v) is 4.02. The minimum atomic E-state index is -4.62. The lowest BCUT2D eigenvalue weighted by Gasteiger charge is -2.11. The SMILES string of the molecule is CCC[C@H](N)C(=O)Nc1ccc(S(=O)(=O)C(F)F)cc1. The molecule has 0 saturated heterocycles. The fourth-order valence-corrected chi connectivity index (χ4v) is 2.23. The minimum Gasteiger partial charge on any atom is -0.325 e. The van der Waals surface area contributed by atoms with Crippen LogP contribution in [0, 0.1) is 0 Å². The number of hydrogen-bond donors (Lipinski definition) is 2. The highest BCUT2D eigenvalue weighted by Crippen LogP contribution is 2.20. The summed E-state index contributed by atoms with van der Waals surface area (Å²) in [5, 5.41) is 2.49. The Morgan fingerprint density at radius 2 is 1.85 bits per heavy atom. The van der Waals surface area contributed by atoms with Crippen LogP contribution in [-0.2, 0) is 14.6 Å². The molecule has 1 aromatic carbocycles. The van der Waals surface area contributed by atoms with Gasteiger partial charge >= 0.3 is 5.76 Å². The lowest BCUT2D eigenvalue weighted by atomic mass is 10.1. The number of rotatable bonds is 6. The molecule has 0 bridgehead atoms. The molecular weight excluding hydrogens is 290 g/mol. The molecule has 112 valence electrons. The average Bonchev–Trinajstić information content (AvgIpc) is 2.39. The molecule has 1 aromatic rings. The zero-order valence-electron chi connectivity index (χ0n) is 10.8. The van der Waals surface area contributed by atoms with Crippen LogP contribution in [0.25, 0.3) is 0 Å². The van der Waals surface area contributed by atoms with Gasteiger partial charge in [0.25, 0.3) is 0 Å². The highest BCUT2D eigenvalue weighted by molar-refractivity contribution is 7.91. The summed E-state index contributed by atoms with van der Waals surface area (Å²) >= 11 is 0. The van der Waals surface area contributed by atoms with E-state index >= 15 is 0 Å². The fourth-order valence-electron chi connectivity index (χ4n) is 1.51. The maximum absolute atomic E-state index is 12.3. The normalized spacial score (nSPS) is 13.2. The van der Waals surface area contributed by atoms with Crippen LogP contribution in [0.4, 0.5) is 14.5 Å². The van der Waals surface area contributed by atoms with Gasteiger partial charge in [-0.15, -0.1) is 0 Å². The molecule has 3 N–H and O–H groups in total. The van der Waals surface area contributed by atoms with Gasteiger partial charge < -0.3 is 11.1 Å². The molecule has 0 unspecified atom stereocenters. The van der Waals surface area contributed by atoms with E-state index in [1.165, 1.54) is 12.1 Å². The molecule has 5 nitrogen and oxygen atoms in total. The van der Waals surface area contributed by atoms with Crippen LogP contribution in [0.5, 0.6) is 0 Å². The van der Waals surface area contributed by atoms with Gasteiger partial charge in [0.2, 0.25) is 15.7 Å². The summed E-state index contributed by atoms with van der Waals surface area (Å²) in [5.41, 5.74) is 5.91. The quantitative estimate of drug-likeness (QED) is 0.838. The van der Waals surface area contributed by atoms with E-state index in [1.54, 1.807) is 0 Å². The summed E-state index contributed by atoms with van der Waals surface area (Å²) in [4.78, 5) is 11.1. The van der Waals surface area contributed by atoms with Crippen molar-refractivity contribution in [1.82, 2.24) is 0 Å². The molecule has 0 heterocycles. The first kappa shape index (κ1) is 16.5. The number of benzene rings is 1. The maximum Gasteiger partial charge on any atom is 0.341 e. The summed E-state index contributed by atoms with van der Waals surface area (Å²) in [6, 6.07) is 3.85. The summed E-state index contributed by atoms with van der Waals surface area (Å²) in [6.45, 7) is 1.89. The number of hydrogen-bond acceptors (Lipinski definition) is 4. The van der Waals surface area contributed by atoms with Crippen LogP contribution in [0.1, 0.15) is 19.8 Å². The summed E-state index contributed by atoms with van der Waals surface area (Å²) in [6.07, 6.45) is 1.27. The van der Waals surface area contributed by atoms with Gasteiger partial charge in [0.05, 0.1) is 10.9 Å². The number of nitrogens with one attached hydrogen (secondary N) is 1. The van der Waals surface area contributed by atoms with Crippen molar-refractivity contribution in [3.63, 3.8) is 0 Å². The van der Waals surface area contributed by atoms with E-state index in [4.69, 9.17) is 5.73 Å².